The van der Waals surface area contributed by atoms with Gasteiger partial charge in [0.05, 0.1) is 5.58 Å². The Balaban J connectivity index is 0.000000175. The van der Waals surface area contributed by atoms with Crippen molar-refractivity contribution >= 4 is 32.7 Å². The maximum absolute atomic E-state index is 6.32. The fraction of sp³-hybridized carbons (Fsp3) is 0.114. The van der Waals surface area contributed by atoms with Crippen molar-refractivity contribution in [2.75, 3.05) is 0 Å². The van der Waals surface area contributed by atoms with E-state index in [9.17, 15) is 0 Å². The second-order valence-corrected chi connectivity index (χ2v) is 9.78. The van der Waals surface area contributed by atoms with Gasteiger partial charge < -0.3 is 14.4 Å². The molecule has 4 nitrogen and oxygen atoms in total. The number of rotatable bonds is 2. The molecule has 0 aliphatic carbocycles. The molecule has 7 rings (SSSR count). The van der Waals surface area contributed by atoms with Crippen LogP contribution >= 0.6 is 0 Å². The first-order valence-corrected chi connectivity index (χ1v) is 12.9. The van der Waals surface area contributed by atoms with Gasteiger partial charge in [-0.2, -0.15) is 0 Å². The molecule has 7 aromatic rings. The molecule has 0 atom stereocenters. The number of pyridine rings is 3. The van der Waals surface area contributed by atoms with Gasteiger partial charge in [0.1, 0.15) is 5.58 Å². The molecule has 0 aliphatic rings. The minimum Gasteiger partial charge on any atom is -0.500 e. The van der Waals surface area contributed by atoms with Crippen LogP contribution in [-0.4, -0.2) is 15.0 Å². The van der Waals surface area contributed by atoms with E-state index in [0.717, 1.165) is 60.9 Å². The van der Waals surface area contributed by atoms with Crippen molar-refractivity contribution in [3.05, 3.63) is 126 Å². The minimum atomic E-state index is 0. The molecule has 199 valence electrons. The first kappa shape index (κ1) is 27.4. The van der Waals surface area contributed by atoms with Crippen LogP contribution in [0.15, 0.2) is 95.8 Å². The molecule has 4 aromatic heterocycles. The molecule has 0 amide bonds. The summed E-state index contributed by atoms with van der Waals surface area (Å²) in [6.07, 6.45) is 5.53. The van der Waals surface area contributed by atoms with Crippen LogP contribution in [0.1, 0.15) is 22.4 Å². The number of furan rings is 1. The Morgan fingerprint density at radius 2 is 1.55 bits per heavy atom. The van der Waals surface area contributed by atoms with Gasteiger partial charge in [0.15, 0.2) is 0 Å². The maximum atomic E-state index is 6.32. The summed E-state index contributed by atoms with van der Waals surface area (Å²) in [6, 6.07) is 30.9. The van der Waals surface area contributed by atoms with Crippen LogP contribution in [-0.2, 0) is 20.1 Å². The van der Waals surface area contributed by atoms with Crippen LogP contribution in [0.3, 0.4) is 0 Å². The minimum absolute atomic E-state index is 0. The van der Waals surface area contributed by atoms with Crippen molar-refractivity contribution < 1.29 is 24.5 Å². The fourth-order valence-electron chi connectivity index (χ4n) is 4.76. The summed E-state index contributed by atoms with van der Waals surface area (Å²) in [6.45, 7) is 8.26. The van der Waals surface area contributed by atoms with E-state index >= 15 is 0 Å². The molecule has 0 N–H and O–H groups in total. The van der Waals surface area contributed by atoms with Crippen LogP contribution in [0.2, 0.25) is 0 Å². The monoisotopic (exact) mass is 698 g/mol. The molecule has 0 unspecified atom stereocenters. The third-order valence-electron chi connectivity index (χ3n) is 7.06. The Hall–Kier alpha value is -4.18. The van der Waals surface area contributed by atoms with E-state index in [1.54, 1.807) is 6.20 Å². The van der Waals surface area contributed by atoms with E-state index in [1.807, 2.05) is 61.8 Å². The van der Waals surface area contributed by atoms with Crippen LogP contribution < -0.4 is 0 Å². The smallest absolute Gasteiger partial charge is 0.130 e. The Bertz CT molecular complexity index is 1940. The van der Waals surface area contributed by atoms with Gasteiger partial charge in [0.25, 0.3) is 0 Å². The molecule has 40 heavy (non-hydrogen) atoms. The largest absolute Gasteiger partial charge is 0.500 e. The van der Waals surface area contributed by atoms with Crippen LogP contribution in [0.5, 0.6) is 0 Å². The zero-order valence-electron chi connectivity index (χ0n) is 22.7. The molecule has 0 spiro atoms. The first-order chi connectivity index (χ1) is 19.0. The quantitative estimate of drug-likeness (QED) is 0.170. The summed E-state index contributed by atoms with van der Waals surface area (Å²) in [7, 11) is 0. The summed E-state index contributed by atoms with van der Waals surface area (Å²) >= 11 is 0. The SMILES string of the molecule is Cc1c[c-]c(-c2cc(C)c(C)cn2)cc1.Cc1nccc2ccc3c4cc[c-]c(-c5ccccn5)c4oc3c12.[Ir]. The fourth-order valence-corrected chi connectivity index (χ4v) is 4.76. The standard InChI is InChI=1S/C21H13N2O.C14H14N.Ir/c1-13-19-14(10-12-22-13)8-9-16-15-5-4-6-17(20(15)24-21(16)19)18-7-2-3-11-23-18;1-10-4-6-13(7-5-10)14-8-11(2)12(3)9-15-14;/h2-5,7-12H,1H3;4-6,8-9H,1-3H3;/q2*-1;. The van der Waals surface area contributed by atoms with Gasteiger partial charge in [-0.3, -0.25) is 4.98 Å². The molecular formula is C35H27IrN3O-2. The van der Waals surface area contributed by atoms with E-state index in [-0.39, 0.29) is 20.1 Å². The summed E-state index contributed by atoms with van der Waals surface area (Å²) in [5.41, 5.74) is 10.2. The van der Waals surface area contributed by atoms with Gasteiger partial charge in [-0.05, 0) is 55.2 Å². The van der Waals surface area contributed by atoms with Crippen molar-refractivity contribution in [1.29, 1.82) is 0 Å². The summed E-state index contributed by atoms with van der Waals surface area (Å²) in [5.74, 6) is 0. The normalized spacial score (nSPS) is 10.8. The number of nitrogens with zero attached hydrogens (tertiary/aromatic N) is 3. The number of benzene rings is 3. The Morgan fingerprint density at radius 3 is 2.30 bits per heavy atom. The molecule has 0 bridgehead atoms. The van der Waals surface area contributed by atoms with E-state index in [0.29, 0.717) is 0 Å². The van der Waals surface area contributed by atoms with E-state index < -0.39 is 0 Å². The predicted molar refractivity (Wildman–Crippen MR) is 159 cm³/mol. The van der Waals surface area contributed by atoms with Crippen molar-refractivity contribution in [3.63, 3.8) is 0 Å². The molecule has 0 saturated heterocycles. The molecule has 4 heterocycles. The number of hydrogen-bond acceptors (Lipinski definition) is 4. The molecule has 1 radical (unpaired) electrons. The van der Waals surface area contributed by atoms with E-state index in [4.69, 9.17) is 4.42 Å². The van der Waals surface area contributed by atoms with E-state index in [1.165, 1.54) is 16.7 Å². The number of hydrogen-bond donors (Lipinski definition) is 0. The summed E-state index contributed by atoms with van der Waals surface area (Å²) < 4.78 is 6.32. The average molecular weight is 698 g/mol. The van der Waals surface area contributed by atoms with Crippen molar-refractivity contribution in [1.82, 2.24) is 15.0 Å². The van der Waals surface area contributed by atoms with Crippen LogP contribution in [0.4, 0.5) is 0 Å². The second kappa shape index (κ2) is 11.5. The van der Waals surface area contributed by atoms with E-state index in [2.05, 4.69) is 78.2 Å². The van der Waals surface area contributed by atoms with Gasteiger partial charge in [-0.25, -0.2) is 0 Å². The number of aromatic nitrogens is 3. The summed E-state index contributed by atoms with van der Waals surface area (Å²) in [5, 5.41) is 4.38. The predicted octanol–water partition coefficient (Wildman–Crippen LogP) is 8.78. The Morgan fingerprint density at radius 1 is 0.700 bits per heavy atom. The molecule has 0 saturated carbocycles. The van der Waals surface area contributed by atoms with Crippen molar-refractivity contribution in [2.45, 2.75) is 27.7 Å². The topological polar surface area (TPSA) is 51.8 Å². The van der Waals surface area contributed by atoms with Gasteiger partial charge in [0, 0.05) is 55.2 Å². The van der Waals surface area contributed by atoms with Gasteiger partial charge in [-0.1, -0.05) is 53.8 Å². The molecule has 0 fully saturated rings. The zero-order valence-corrected chi connectivity index (χ0v) is 25.1. The zero-order chi connectivity index (χ0) is 26.9. The molecule has 0 aliphatic heterocycles. The van der Waals surface area contributed by atoms with Gasteiger partial charge in [0.2, 0.25) is 0 Å². The van der Waals surface area contributed by atoms with Crippen LogP contribution in [0, 0.1) is 39.8 Å². The summed E-state index contributed by atoms with van der Waals surface area (Å²) in [4.78, 5) is 13.3. The number of aryl methyl sites for hydroxylation is 4. The van der Waals surface area contributed by atoms with Crippen molar-refractivity contribution in [2.24, 2.45) is 0 Å². The third-order valence-corrected chi connectivity index (χ3v) is 7.06. The molecule has 3 aromatic carbocycles. The van der Waals surface area contributed by atoms with Gasteiger partial charge in [-0.15, -0.1) is 53.6 Å². The molecule has 5 heteroatoms. The Labute approximate surface area is 247 Å². The first-order valence-electron chi connectivity index (χ1n) is 12.9. The second-order valence-electron chi connectivity index (χ2n) is 9.78. The number of fused-ring (bicyclic) bond motifs is 5. The van der Waals surface area contributed by atoms with Crippen molar-refractivity contribution in [3.8, 4) is 22.5 Å². The average Bonchev–Trinajstić information content (AvgIpc) is 3.35. The Kier molecular flexibility index (Phi) is 7.88. The molecular weight excluding hydrogens is 671 g/mol. The maximum Gasteiger partial charge on any atom is 0.130 e. The van der Waals surface area contributed by atoms with Gasteiger partial charge >= 0.3 is 0 Å². The van der Waals surface area contributed by atoms with Crippen LogP contribution in [0.25, 0.3) is 55.2 Å². The third kappa shape index (κ3) is 5.18.